The molecule has 2 heteroatoms. The topological polar surface area (TPSA) is 29.5 Å². The predicted molar refractivity (Wildman–Crippen MR) is 150 cm³/mol. The summed E-state index contributed by atoms with van der Waals surface area (Å²) in [6.45, 7) is 15.0. The van der Waals surface area contributed by atoms with Crippen LogP contribution >= 0.6 is 0 Å². The highest BCUT2D eigenvalue weighted by atomic mass is 16.5. The van der Waals surface area contributed by atoms with Crippen molar-refractivity contribution < 1.29 is 9.84 Å². The number of ether oxygens (including phenoxy) is 1. The van der Waals surface area contributed by atoms with Crippen LogP contribution in [-0.2, 0) is 0 Å². The second kappa shape index (κ2) is 12.6. The Hall–Kier alpha value is -3.10. The number of allylic oxidation sites excluding steroid dienone is 5. The molecule has 0 fully saturated rings. The van der Waals surface area contributed by atoms with Crippen LogP contribution in [-0.4, -0.2) is 18.3 Å². The van der Waals surface area contributed by atoms with E-state index in [2.05, 4.69) is 63.4 Å². The van der Waals surface area contributed by atoms with E-state index in [4.69, 9.17) is 4.74 Å². The molecule has 1 aliphatic rings. The Labute approximate surface area is 212 Å². The third-order valence-electron chi connectivity index (χ3n) is 6.88. The van der Waals surface area contributed by atoms with Gasteiger partial charge in [-0.25, -0.2) is 0 Å². The average Bonchev–Trinajstić information content (AvgIpc) is 2.86. The molecule has 184 valence electrons. The molecule has 0 bridgehead atoms. The maximum Gasteiger partial charge on any atom is 0.118 e. The first-order valence-electron chi connectivity index (χ1n) is 12.5. The lowest BCUT2D eigenvalue weighted by Gasteiger charge is -2.33. The van der Waals surface area contributed by atoms with E-state index < -0.39 is 6.10 Å². The number of methoxy groups -OCH3 is 1. The van der Waals surface area contributed by atoms with Crippen LogP contribution < -0.4 is 4.74 Å². The first-order chi connectivity index (χ1) is 16.8. The Kier molecular flexibility index (Phi) is 9.51. The van der Waals surface area contributed by atoms with Crippen LogP contribution in [0.3, 0.4) is 0 Å². The minimum absolute atomic E-state index is 0.0120. The summed E-state index contributed by atoms with van der Waals surface area (Å²) in [4.78, 5) is 0. The SMILES string of the molecule is C=C(CC=C(C)C)CCC1=C(c2ccc(OC)cc2)CC(=C)[C@@H]([C@H](O)/C(C)=C/c2ccccc2)C1. The first-order valence-corrected chi connectivity index (χ1v) is 12.5. The molecule has 0 amide bonds. The van der Waals surface area contributed by atoms with Gasteiger partial charge in [-0.2, -0.15) is 0 Å². The summed E-state index contributed by atoms with van der Waals surface area (Å²) < 4.78 is 5.36. The fourth-order valence-corrected chi connectivity index (χ4v) is 4.70. The van der Waals surface area contributed by atoms with Gasteiger partial charge in [-0.1, -0.05) is 90.1 Å². The van der Waals surface area contributed by atoms with E-state index in [0.717, 1.165) is 54.6 Å². The summed E-state index contributed by atoms with van der Waals surface area (Å²) in [7, 11) is 1.69. The smallest absolute Gasteiger partial charge is 0.118 e. The number of aliphatic hydroxyl groups is 1. The van der Waals surface area contributed by atoms with Crippen LogP contribution in [0.25, 0.3) is 11.6 Å². The van der Waals surface area contributed by atoms with Crippen LogP contribution in [0.2, 0.25) is 0 Å². The van der Waals surface area contributed by atoms with Crippen LogP contribution in [0.4, 0.5) is 0 Å². The van der Waals surface area contributed by atoms with Gasteiger partial charge in [0.2, 0.25) is 0 Å². The molecule has 0 aliphatic heterocycles. The van der Waals surface area contributed by atoms with Crippen molar-refractivity contribution in [1.82, 2.24) is 0 Å². The Bertz CT molecular complexity index is 1110. The van der Waals surface area contributed by atoms with Crippen LogP contribution in [0.1, 0.15) is 64.0 Å². The molecule has 0 saturated heterocycles. The van der Waals surface area contributed by atoms with E-state index in [0.29, 0.717) is 0 Å². The standard InChI is InChI=1S/C33H40O2/c1-23(2)12-13-24(3)14-15-29-22-31(33(34)26(5)20-27-10-8-7-9-11-27)25(4)21-32(29)28-16-18-30(35-6)19-17-28/h7-12,16-20,31,33-34H,3-4,13-15,21-22H2,1-2,5-6H3/b26-20+/t31-,33+/m0/s1. The quantitative estimate of drug-likeness (QED) is 0.354. The summed E-state index contributed by atoms with van der Waals surface area (Å²) in [5, 5.41) is 11.3. The lowest BCUT2D eigenvalue weighted by molar-refractivity contribution is 0.157. The summed E-state index contributed by atoms with van der Waals surface area (Å²) in [6, 6.07) is 18.5. The van der Waals surface area contributed by atoms with Crippen LogP contribution in [0.15, 0.2) is 102 Å². The van der Waals surface area contributed by atoms with Gasteiger partial charge in [-0.15, -0.1) is 0 Å². The molecule has 1 N–H and O–H groups in total. The molecule has 2 aromatic carbocycles. The van der Waals surface area contributed by atoms with Crippen molar-refractivity contribution in [3.8, 4) is 5.75 Å². The van der Waals surface area contributed by atoms with Crippen LogP contribution in [0.5, 0.6) is 5.75 Å². The lowest BCUT2D eigenvalue weighted by atomic mass is 9.73. The van der Waals surface area contributed by atoms with Crippen LogP contribution in [0, 0.1) is 5.92 Å². The zero-order valence-electron chi connectivity index (χ0n) is 21.8. The van der Waals surface area contributed by atoms with Crippen molar-refractivity contribution in [3.63, 3.8) is 0 Å². The molecule has 0 saturated carbocycles. The lowest BCUT2D eigenvalue weighted by Crippen LogP contribution is -2.27. The molecule has 0 aromatic heterocycles. The van der Waals surface area contributed by atoms with E-state index in [-0.39, 0.29) is 5.92 Å². The molecular formula is C33H40O2. The molecular weight excluding hydrogens is 428 g/mol. The van der Waals surface area contributed by atoms with Crippen molar-refractivity contribution in [3.05, 3.63) is 113 Å². The predicted octanol–water partition coefficient (Wildman–Crippen LogP) is 8.57. The van der Waals surface area contributed by atoms with E-state index in [1.165, 1.54) is 27.9 Å². The molecule has 35 heavy (non-hydrogen) atoms. The van der Waals surface area contributed by atoms with Gasteiger partial charge < -0.3 is 9.84 Å². The third kappa shape index (κ3) is 7.44. The van der Waals surface area contributed by atoms with Gasteiger partial charge in [0.05, 0.1) is 13.2 Å². The van der Waals surface area contributed by atoms with Gasteiger partial charge in [0.1, 0.15) is 5.75 Å². The zero-order valence-corrected chi connectivity index (χ0v) is 21.8. The Morgan fingerprint density at radius 1 is 1.09 bits per heavy atom. The molecule has 0 spiro atoms. The largest absolute Gasteiger partial charge is 0.497 e. The van der Waals surface area contributed by atoms with E-state index in [1.807, 2.05) is 37.3 Å². The molecule has 0 heterocycles. The van der Waals surface area contributed by atoms with Crippen molar-refractivity contribution in [2.24, 2.45) is 5.92 Å². The number of rotatable bonds is 10. The second-order valence-electron chi connectivity index (χ2n) is 9.94. The summed E-state index contributed by atoms with van der Waals surface area (Å²) in [6.07, 6.45) is 8.20. The van der Waals surface area contributed by atoms with Gasteiger partial charge in [0, 0.05) is 5.92 Å². The van der Waals surface area contributed by atoms with Gasteiger partial charge in [-0.05, 0) is 87.3 Å². The van der Waals surface area contributed by atoms with Gasteiger partial charge in [-0.3, -0.25) is 0 Å². The van der Waals surface area contributed by atoms with Gasteiger partial charge >= 0.3 is 0 Å². The number of aliphatic hydroxyl groups excluding tert-OH is 1. The molecule has 2 nitrogen and oxygen atoms in total. The summed E-state index contributed by atoms with van der Waals surface area (Å²) in [5.74, 6) is 0.869. The van der Waals surface area contributed by atoms with Crippen molar-refractivity contribution >= 4 is 11.6 Å². The highest BCUT2D eigenvalue weighted by Crippen LogP contribution is 2.43. The Balaban J connectivity index is 1.87. The van der Waals surface area contributed by atoms with E-state index in [9.17, 15) is 5.11 Å². The highest BCUT2D eigenvalue weighted by molar-refractivity contribution is 5.73. The minimum atomic E-state index is -0.552. The first kappa shape index (κ1) is 26.5. The molecule has 2 aromatic rings. The molecule has 0 unspecified atom stereocenters. The maximum absolute atomic E-state index is 11.3. The Morgan fingerprint density at radius 3 is 2.40 bits per heavy atom. The normalized spacial score (nSPS) is 17.2. The van der Waals surface area contributed by atoms with E-state index in [1.54, 1.807) is 7.11 Å². The monoisotopic (exact) mass is 468 g/mol. The Morgan fingerprint density at radius 2 is 1.77 bits per heavy atom. The number of hydrogen-bond donors (Lipinski definition) is 1. The number of hydrogen-bond acceptors (Lipinski definition) is 2. The van der Waals surface area contributed by atoms with Crippen molar-refractivity contribution in [2.45, 2.75) is 59.0 Å². The van der Waals surface area contributed by atoms with Crippen molar-refractivity contribution in [2.75, 3.05) is 7.11 Å². The molecule has 0 radical (unpaired) electrons. The van der Waals surface area contributed by atoms with Gasteiger partial charge in [0.25, 0.3) is 0 Å². The zero-order chi connectivity index (χ0) is 25.4. The molecule has 3 rings (SSSR count). The van der Waals surface area contributed by atoms with Gasteiger partial charge in [0.15, 0.2) is 0 Å². The minimum Gasteiger partial charge on any atom is -0.497 e. The average molecular weight is 469 g/mol. The number of benzene rings is 2. The molecule has 2 atom stereocenters. The fourth-order valence-electron chi connectivity index (χ4n) is 4.70. The van der Waals surface area contributed by atoms with E-state index >= 15 is 0 Å². The fraction of sp³-hybridized carbons (Fsp3) is 0.333. The molecule has 1 aliphatic carbocycles. The summed E-state index contributed by atoms with van der Waals surface area (Å²) >= 11 is 0. The highest BCUT2D eigenvalue weighted by Gasteiger charge is 2.30. The third-order valence-corrected chi connectivity index (χ3v) is 6.88. The summed E-state index contributed by atoms with van der Waals surface area (Å²) in [5.41, 5.74) is 9.69. The second-order valence-corrected chi connectivity index (χ2v) is 9.94. The van der Waals surface area contributed by atoms with Crippen molar-refractivity contribution in [1.29, 1.82) is 0 Å². The maximum atomic E-state index is 11.3.